The van der Waals surface area contributed by atoms with Crippen molar-refractivity contribution >= 4 is 41.7 Å². The number of halogens is 1. The minimum Gasteiger partial charge on any atom is -0.411 e. The van der Waals surface area contributed by atoms with Crippen molar-refractivity contribution in [2.75, 3.05) is 0 Å². The van der Waals surface area contributed by atoms with Crippen molar-refractivity contribution in [2.45, 2.75) is 51.4 Å². The van der Waals surface area contributed by atoms with Crippen LogP contribution in [-0.2, 0) is 10.8 Å². The minimum absolute atomic E-state index is 0.187. The Labute approximate surface area is 155 Å². The lowest BCUT2D eigenvalue weighted by molar-refractivity contribution is 0.238. The van der Waals surface area contributed by atoms with Crippen LogP contribution in [0, 0.1) is 0 Å². The van der Waals surface area contributed by atoms with Crippen LogP contribution in [0.3, 0.4) is 0 Å². The lowest BCUT2D eigenvalue weighted by Crippen LogP contribution is -2.35. The first kappa shape index (κ1) is 18.7. The lowest BCUT2D eigenvalue weighted by Gasteiger charge is -2.28. The Morgan fingerprint density at radius 1 is 1.13 bits per heavy atom. The van der Waals surface area contributed by atoms with E-state index < -0.39 is 8.32 Å². The summed E-state index contributed by atoms with van der Waals surface area (Å²) in [5.74, 6) is 0. The van der Waals surface area contributed by atoms with Gasteiger partial charge >= 0.3 is 0 Å². The van der Waals surface area contributed by atoms with Gasteiger partial charge in [0, 0.05) is 6.42 Å². The monoisotopic (exact) mass is 438 g/mol. The molecule has 23 heavy (non-hydrogen) atoms. The van der Waals surface area contributed by atoms with Crippen molar-refractivity contribution in [3.05, 3.63) is 58.2 Å². The topological polar surface area (TPSA) is 9.23 Å². The number of hydrogen-bond acceptors (Lipinski definition) is 1. The van der Waals surface area contributed by atoms with E-state index in [1.165, 1.54) is 35.2 Å². The van der Waals surface area contributed by atoms with Gasteiger partial charge in [-0.15, -0.1) is 0 Å². The van der Waals surface area contributed by atoms with E-state index in [-0.39, 0.29) is 6.10 Å². The maximum atomic E-state index is 6.54. The molecule has 2 rings (SSSR count). The molecule has 0 bridgehead atoms. The second-order valence-corrected chi connectivity index (χ2v) is 11.7. The Morgan fingerprint density at radius 3 is 2.57 bits per heavy atom. The van der Waals surface area contributed by atoms with Crippen LogP contribution in [0.25, 0.3) is 10.8 Å². The molecule has 0 aliphatic heterocycles. The van der Waals surface area contributed by atoms with Crippen molar-refractivity contribution < 1.29 is 4.43 Å². The molecule has 124 valence electrons. The number of unbranched alkanes of at least 4 members (excludes halogenated alkanes) is 1. The van der Waals surface area contributed by atoms with Crippen LogP contribution in [0.1, 0.15) is 25.3 Å². The van der Waals surface area contributed by atoms with Crippen LogP contribution in [0.2, 0.25) is 19.1 Å². The van der Waals surface area contributed by atoms with E-state index >= 15 is 0 Å². The summed E-state index contributed by atoms with van der Waals surface area (Å²) in [5, 5.41) is 2.61. The van der Waals surface area contributed by atoms with Gasteiger partial charge < -0.3 is 4.43 Å². The van der Waals surface area contributed by atoms with Crippen molar-refractivity contribution in [3.8, 4) is 0 Å². The molecule has 0 aliphatic carbocycles. The summed E-state index contributed by atoms with van der Waals surface area (Å²) in [4.78, 5) is 0. The predicted octanol–water partition coefficient (Wildman–Crippen LogP) is 6.72. The Balaban J connectivity index is 2.11. The average Bonchev–Trinajstić information content (AvgIpc) is 2.53. The summed E-state index contributed by atoms with van der Waals surface area (Å²) in [7, 11) is -1.59. The van der Waals surface area contributed by atoms with Gasteiger partial charge in [-0.05, 0) is 39.6 Å². The fraction of sp³-hybridized carbons (Fsp3) is 0.400. The molecule has 0 radical (unpaired) electrons. The van der Waals surface area contributed by atoms with E-state index in [2.05, 4.69) is 95.2 Å². The van der Waals surface area contributed by atoms with E-state index in [9.17, 15) is 0 Å². The highest BCUT2D eigenvalue weighted by atomic mass is 127. The van der Waals surface area contributed by atoms with Gasteiger partial charge in [0.2, 0.25) is 0 Å². The quantitative estimate of drug-likeness (QED) is 0.328. The number of benzene rings is 2. The Morgan fingerprint density at radius 2 is 1.87 bits per heavy atom. The van der Waals surface area contributed by atoms with Gasteiger partial charge in [-0.2, -0.15) is 0 Å². The normalized spacial score (nSPS) is 13.7. The molecule has 0 amide bonds. The third-order valence-corrected chi connectivity index (χ3v) is 7.05. The maximum Gasteiger partial charge on any atom is 0.187 e. The van der Waals surface area contributed by atoms with E-state index in [0.29, 0.717) is 0 Å². The number of fused-ring (bicyclic) bond motifs is 1. The molecular weight excluding hydrogens is 411 g/mol. The molecule has 2 aromatic rings. The van der Waals surface area contributed by atoms with Crippen LogP contribution < -0.4 is 0 Å². The fourth-order valence-corrected chi connectivity index (χ4v) is 5.67. The zero-order chi connectivity index (χ0) is 16.7. The summed E-state index contributed by atoms with van der Waals surface area (Å²) in [6, 6.07) is 16.5. The third-order valence-electron chi connectivity index (χ3n) is 4.14. The van der Waals surface area contributed by atoms with Crippen molar-refractivity contribution in [2.24, 2.45) is 0 Å². The summed E-state index contributed by atoms with van der Waals surface area (Å²) in [5.41, 5.74) is 1.35. The molecule has 0 saturated heterocycles. The standard InChI is InChI=1S/C20H27IOSi/c1-4-5-14-23(2,3)22-20(12-13-21)16-17-10-11-18-8-6-7-9-19(18)15-17/h6-13,15,20H,4-5,14,16H2,1-3H3/b13-12+. The van der Waals surface area contributed by atoms with E-state index in [1.54, 1.807) is 0 Å². The summed E-state index contributed by atoms with van der Waals surface area (Å²) in [6.45, 7) is 6.94. The molecule has 0 aromatic heterocycles. The Bertz CT molecular complexity index is 651. The largest absolute Gasteiger partial charge is 0.411 e. The Kier molecular flexibility index (Phi) is 7.31. The summed E-state index contributed by atoms with van der Waals surface area (Å²) < 4.78 is 8.63. The summed E-state index contributed by atoms with van der Waals surface area (Å²) in [6.07, 6.45) is 5.86. The van der Waals surface area contributed by atoms with Crippen LogP contribution >= 0.6 is 22.6 Å². The predicted molar refractivity (Wildman–Crippen MR) is 113 cm³/mol. The van der Waals surface area contributed by atoms with E-state index in [0.717, 1.165) is 6.42 Å². The van der Waals surface area contributed by atoms with Gasteiger partial charge in [0.15, 0.2) is 8.32 Å². The van der Waals surface area contributed by atoms with Gasteiger partial charge in [-0.1, -0.05) is 90.9 Å². The first-order chi connectivity index (χ1) is 11.0. The fourth-order valence-electron chi connectivity index (χ4n) is 2.90. The molecular formula is C20H27IOSi. The molecule has 1 atom stereocenters. The number of rotatable bonds is 8. The molecule has 0 spiro atoms. The van der Waals surface area contributed by atoms with Gasteiger partial charge in [0.05, 0.1) is 6.10 Å². The lowest BCUT2D eigenvalue weighted by atomic mass is 10.0. The first-order valence-electron chi connectivity index (χ1n) is 8.46. The highest BCUT2D eigenvalue weighted by molar-refractivity contribution is 14.1. The molecule has 2 aromatic carbocycles. The van der Waals surface area contributed by atoms with Gasteiger partial charge in [-0.3, -0.25) is 0 Å². The molecule has 0 N–H and O–H groups in total. The highest BCUT2D eigenvalue weighted by Gasteiger charge is 2.25. The smallest absolute Gasteiger partial charge is 0.187 e. The second-order valence-electron chi connectivity index (χ2n) is 6.72. The van der Waals surface area contributed by atoms with Crippen LogP contribution in [0.4, 0.5) is 0 Å². The second kappa shape index (κ2) is 8.99. The molecule has 0 heterocycles. The zero-order valence-electron chi connectivity index (χ0n) is 14.4. The zero-order valence-corrected chi connectivity index (χ0v) is 17.5. The SMILES string of the molecule is CCCC[Si](C)(C)OC(/C=C/I)Cc1ccc2ccccc2c1. The van der Waals surface area contributed by atoms with Gasteiger partial charge in [0.25, 0.3) is 0 Å². The third kappa shape index (κ3) is 6.05. The molecule has 1 unspecified atom stereocenters. The maximum absolute atomic E-state index is 6.54. The van der Waals surface area contributed by atoms with Crippen LogP contribution in [0.15, 0.2) is 52.6 Å². The van der Waals surface area contributed by atoms with Crippen LogP contribution in [-0.4, -0.2) is 14.4 Å². The molecule has 3 heteroatoms. The molecule has 0 aliphatic rings. The van der Waals surface area contributed by atoms with Gasteiger partial charge in [0.1, 0.15) is 0 Å². The highest BCUT2D eigenvalue weighted by Crippen LogP contribution is 2.22. The molecule has 0 fully saturated rings. The van der Waals surface area contributed by atoms with E-state index in [4.69, 9.17) is 4.43 Å². The van der Waals surface area contributed by atoms with Crippen LogP contribution in [0.5, 0.6) is 0 Å². The van der Waals surface area contributed by atoms with Gasteiger partial charge in [-0.25, -0.2) is 0 Å². The van der Waals surface area contributed by atoms with Crippen molar-refractivity contribution in [1.82, 2.24) is 0 Å². The van der Waals surface area contributed by atoms with E-state index in [1.807, 2.05) is 0 Å². The average molecular weight is 438 g/mol. The number of hydrogen-bond donors (Lipinski definition) is 0. The van der Waals surface area contributed by atoms with Crippen molar-refractivity contribution in [3.63, 3.8) is 0 Å². The first-order valence-corrected chi connectivity index (χ1v) is 12.8. The Hall–Kier alpha value is -0.653. The van der Waals surface area contributed by atoms with Crippen molar-refractivity contribution in [1.29, 1.82) is 0 Å². The summed E-state index contributed by atoms with van der Waals surface area (Å²) >= 11 is 2.29. The molecule has 0 saturated carbocycles. The minimum atomic E-state index is -1.59. The molecule has 1 nitrogen and oxygen atoms in total.